The summed E-state index contributed by atoms with van der Waals surface area (Å²) in [5.74, 6) is 0.771. The predicted octanol–water partition coefficient (Wildman–Crippen LogP) is 2.39. The molecule has 4 heteroatoms. The summed E-state index contributed by atoms with van der Waals surface area (Å²) in [5, 5.41) is 3.55. The SMILES string of the molecule is CCOCCN(CCOCC)CC(C)(C)C1CCCNC1. The summed E-state index contributed by atoms with van der Waals surface area (Å²) < 4.78 is 11.1. The van der Waals surface area contributed by atoms with Gasteiger partial charge in [-0.1, -0.05) is 13.8 Å². The van der Waals surface area contributed by atoms with Crippen molar-refractivity contribution in [3.05, 3.63) is 0 Å². The van der Waals surface area contributed by atoms with Crippen LogP contribution in [0.4, 0.5) is 0 Å². The third-order valence-corrected chi connectivity index (χ3v) is 4.55. The molecule has 0 aromatic heterocycles. The summed E-state index contributed by atoms with van der Waals surface area (Å²) in [4.78, 5) is 2.51. The maximum atomic E-state index is 5.54. The molecule has 1 N–H and O–H groups in total. The zero-order chi connectivity index (χ0) is 15.6. The fraction of sp³-hybridized carbons (Fsp3) is 1.00. The van der Waals surface area contributed by atoms with E-state index in [4.69, 9.17) is 9.47 Å². The van der Waals surface area contributed by atoms with Gasteiger partial charge in [-0.05, 0) is 51.1 Å². The Bertz CT molecular complexity index is 243. The van der Waals surface area contributed by atoms with E-state index < -0.39 is 0 Å². The molecule has 0 aromatic carbocycles. The second-order valence-electron chi connectivity index (χ2n) is 6.70. The number of rotatable bonds is 11. The highest BCUT2D eigenvalue weighted by Gasteiger charge is 2.32. The van der Waals surface area contributed by atoms with Gasteiger partial charge in [0.1, 0.15) is 0 Å². The molecule has 1 aliphatic rings. The maximum absolute atomic E-state index is 5.54. The molecule has 1 saturated heterocycles. The third kappa shape index (κ3) is 7.59. The van der Waals surface area contributed by atoms with Gasteiger partial charge < -0.3 is 14.8 Å². The molecular formula is C17H36N2O2. The lowest BCUT2D eigenvalue weighted by Crippen LogP contribution is -2.46. The second-order valence-corrected chi connectivity index (χ2v) is 6.70. The van der Waals surface area contributed by atoms with Gasteiger partial charge in [-0.25, -0.2) is 0 Å². The van der Waals surface area contributed by atoms with Crippen LogP contribution in [0.15, 0.2) is 0 Å². The first-order chi connectivity index (χ1) is 10.1. The molecule has 1 rings (SSSR count). The third-order valence-electron chi connectivity index (χ3n) is 4.55. The van der Waals surface area contributed by atoms with Gasteiger partial charge in [-0.2, -0.15) is 0 Å². The number of hydrogen-bond donors (Lipinski definition) is 1. The summed E-state index contributed by atoms with van der Waals surface area (Å²) in [6.45, 7) is 17.7. The normalized spacial score (nSPS) is 20.1. The number of hydrogen-bond acceptors (Lipinski definition) is 4. The van der Waals surface area contributed by atoms with Crippen LogP contribution in [0.25, 0.3) is 0 Å². The van der Waals surface area contributed by atoms with Crippen molar-refractivity contribution >= 4 is 0 Å². The molecule has 21 heavy (non-hydrogen) atoms. The van der Waals surface area contributed by atoms with Crippen LogP contribution >= 0.6 is 0 Å². The fourth-order valence-corrected chi connectivity index (χ4v) is 3.17. The molecule has 4 nitrogen and oxygen atoms in total. The van der Waals surface area contributed by atoms with Gasteiger partial charge in [0.25, 0.3) is 0 Å². The monoisotopic (exact) mass is 300 g/mol. The standard InChI is InChI=1S/C17H36N2O2/c1-5-20-12-10-19(11-13-21-6-2)15-17(3,4)16-8-7-9-18-14-16/h16,18H,5-15H2,1-4H3. The van der Waals surface area contributed by atoms with Crippen molar-refractivity contribution in [2.24, 2.45) is 11.3 Å². The number of nitrogens with zero attached hydrogens (tertiary/aromatic N) is 1. The molecule has 1 heterocycles. The van der Waals surface area contributed by atoms with E-state index >= 15 is 0 Å². The van der Waals surface area contributed by atoms with E-state index in [9.17, 15) is 0 Å². The van der Waals surface area contributed by atoms with Crippen molar-refractivity contribution in [3.8, 4) is 0 Å². The van der Waals surface area contributed by atoms with E-state index in [0.29, 0.717) is 5.41 Å². The molecule has 0 saturated carbocycles. The summed E-state index contributed by atoms with van der Waals surface area (Å²) >= 11 is 0. The van der Waals surface area contributed by atoms with Gasteiger partial charge >= 0.3 is 0 Å². The summed E-state index contributed by atoms with van der Waals surface area (Å²) in [6.07, 6.45) is 2.66. The van der Waals surface area contributed by atoms with Gasteiger partial charge in [0, 0.05) is 32.8 Å². The van der Waals surface area contributed by atoms with E-state index in [1.165, 1.54) is 19.4 Å². The summed E-state index contributed by atoms with van der Waals surface area (Å²) in [6, 6.07) is 0. The molecule has 0 bridgehead atoms. The zero-order valence-electron chi connectivity index (χ0n) is 14.6. The average molecular weight is 300 g/mol. The topological polar surface area (TPSA) is 33.7 Å². The van der Waals surface area contributed by atoms with Crippen LogP contribution in [0.3, 0.4) is 0 Å². The van der Waals surface area contributed by atoms with E-state index in [1.54, 1.807) is 0 Å². The molecule has 0 radical (unpaired) electrons. The molecule has 1 atom stereocenters. The maximum Gasteiger partial charge on any atom is 0.0593 e. The molecule has 0 aromatic rings. The van der Waals surface area contributed by atoms with Crippen molar-refractivity contribution < 1.29 is 9.47 Å². The molecule has 1 fully saturated rings. The molecule has 0 spiro atoms. The van der Waals surface area contributed by atoms with Gasteiger partial charge in [0.05, 0.1) is 13.2 Å². The largest absolute Gasteiger partial charge is 0.380 e. The summed E-state index contributed by atoms with van der Waals surface area (Å²) in [7, 11) is 0. The highest BCUT2D eigenvalue weighted by Crippen LogP contribution is 2.32. The number of ether oxygens (including phenoxy) is 2. The molecule has 1 aliphatic heterocycles. The van der Waals surface area contributed by atoms with Crippen LogP contribution in [0.2, 0.25) is 0 Å². The number of piperidine rings is 1. The lowest BCUT2D eigenvalue weighted by molar-refractivity contribution is 0.0457. The highest BCUT2D eigenvalue weighted by atomic mass is 16.5. The van der Waals surface area contributed by atoms with Gasteiger partial charge in [0.2, 0.25) is 0 Å². The smallest absolute Gasteiger partial charge is 0.0593 e. The Morgan fingerprint density at radius 2 is 1.71 bits per heavy atom. The van der Waals surface area contributed by atoms with Crippen LogP contribution in [-0.4, -0.2) is 64.1 Å². The van der Waals surface area contributed by atoms with Crippen LogP contribution in [0.5, 0.6) is 0 Å². The Morgan fingerprint density at radius 1 is 1.10 bits per heavy atom. The minimum Gasteiger partial charge on any atom is -0.380 e. The second kappa shape index (κ2) is 10.5. The van der Waals surface area contributed by atoms with Gasteiger partial charge in [0.15, 0.2) is 0 Å². The quantitative estimate of drug-likeness (QED) is 0.594. The van der Waals surface area contributed by atoms with E-state index in [-0.39, 0.29) is 0 Å². The van der Waals surface area contributed by atoms with Gasteiger partial charge in [-0.15, -0.1) is 0 Å². The Kier molecular flexibility index (Phi) is 9.49. The van der Waals surface area contributed by atoms with Crippen LogP contribution < -0.4 is 5.32 Å². The number of nitrogens with one attached hydrogen (secondary N) is 1. The molecule has 1 unspecified atom stereocenters. The zero-order valence-corrected chi connectivity index (χ0v) is 14.6. The van der Waals surface area contributed by atoms with Crippen LogP contribution in [0, 0.1) is 11.3 Å². The average Bonchev–Trinajstić information content (AvgIpc) is 2.48. The molecule has 0 amide bonds. The minimum atomic E-state index is 0.339. The van der Waals surface area contributed by atoms with E-state index in [0.717, 1.165) is 58.5 Å². The Labute approximate surface area is 131 Å². The first-order valence-corrected chi connectivity index (χ1v) is 8.68. The van der Waals surface area contributed by atoms with Crippen molar-refractivity contribution in [1.82, 2.24) is 10.2 Å². The first kappa shape index (κ1) is 18.9. The molecular weight excluding hydrogens is 264 g/mol. The predicted molar refractivity (Wildman–Crippen MR) is 88.8 cm³/mol. The Hall–Kier alpha value is -0.160. The van der Waals surface area contributed by atoms with Crippen molar-refractivity contribution in [3.63, 3.8) is 0 Å². The Morgan fingerprint density at radius 3 is 2.19 bits per heavy atom. The van der Waals surface area contributed by atoms with Crippen molar-refractivity contribution in [2.75, 3.05) is 59.2 Å². The summed E-state index contributed by atoms with van der Waals surface area (Å²) in [5.41, 5.74) is 0.339. The van der Waals surface area contributed by atoms with Crippen LogP contribution in [0.1, 0.15) is 40.5 Å². The first-order valence-electron chi connectivity index (χ1n) is 8.68. The minimum absolute atomic E-state index is 0.339. The molecule has 126 valence electrons. The fourth-order valence-electron chi connectivity index (χ4n) is 3.17. The highest BCUT2D eigenvalue weighted by molar-refractivity contribution is 4.85. The van der Waals surface area contributed by atoms with Crippen molar-refractivity contribution in [2.45, 2.75) is 40.5 Å². The van der Waals surface area contributed by atoms with Crippen molar-refractivity contribution in [1.29, 1.82) is 0 Å². The van der Waals surface area contributed by atoms with Crippen LogP contribution in [-0.2, 0) is 9.47 Å². The lowest BCUT2D eigenvalue weighted by atomic mass is 9.74. The molecule has 0 aliphatic carbocycles. The van der Waals surface area contributed by atoms with E-state index in [1.807, 2.05) is 0 Å². The van der Waals surface area contributed by atoms with Gasteiger partial charge in [-0.3, -0.25) is 4.90 Å². The van der Waals surface area contributed by atoms with E-state index in [2.05, 4.69) is 37.9 Å². The Balaban J connectivity index is 2.46. The lowest BCUT2D eigenvalue weighted by Gasteiger charge is -2.41.